The lowest BCUT2D eigenvalue weighted by Crippen LogP contribution is -2.06. The summed E-state index contributed by atoms with van der Waals surface area (Å²) in [6.07, 6.45) is 2.74. The van der Waals surface area contributed by atoms with Crippen LogP contribution >= 0.6 is 11.6 Å². The molecule has 2 aromatic heterocycles. The molecule has 0 aliphatic carbocycles. The molecule has 3 aromatic rings. The number of benzene rings is 1. The second-order valence-corrected chi connectivity index (χ2v) is 6.41. The van der Waals surface area contributed by atoms with Crippen LogP contribution < -0.4 is 4.74 Å². The van der Waals surface area contributed by atoms with Gasteiger partial charge in [-0.2, -0.15) is 0 Å². The topological polar surface area (TPSA) is 85.5 Å². The number of fused-ring (bicyclic) bond motifs is 1. The lowest BCUT2D eigenvalue weighted by Gasteiger charge is -2.15. The number of carbonyl (C=O) groups is 1. The minimum absolute atomic E-state index is 0.0199. The van der Waals surface area contributed by atoms with E-state index in [1.807, 2.05) is 25.3 Å². The zero-order valence-electron chi connectivity index (χ0n) is 14.5. The third-order valence-electron chi connectivity index (χ3n) is 4.15. The molecule has 2 heterocycles. The second kappa shape index (κ2) is 7.74. The van der Waals surface area contributed by atoms with E-state index < -0.39 is 5.97 Å². The van der Waals surface area contributed by atoms with E-state index in [1.54, 1.807) is 12.1 Å². The third-order valence-corrected chi connectivity index (χ3v) is 4.45. The Balaban J connectivity index is 1.81. The largest absolute Gasteiger partial charge is 0.483 e. The van der Waals surface area contributed by atoms with Gasteiger partial charge in [0.1, 0.15) is 11.9 Å². The Kier molecular flexibility index (Phi) is 5.42. The average Bonchev–Trinajstić information content (AvgIpc) is 3.02. The van der Waals surface area contributed by atoms with Crippen LogP contribution in [0, 0.1) is 0 Å². The summed E-state index contributed by atoms with van der Waals surface area (Å²) in [5.74, 6) is -0.420. The van der Waals surface area contributed by atoms with Crippen molar-refractivity contribution in [1.82, 2.24) is 10.1 Å². The van der Waals surface area contributed by atoms with E-state index in [2.05, 4.69) is 17.1 Å². The van der Waals surface area contributed by atoms with Crippen molar-refractivity contribution < 1.29 is 19.2 Å². The Hall–Kier alpha value is -2.60. The van der Waals surface area contributed by atoms with Gasteiger partial charge < -0.3 is 14.4 Å². The molecule has 0 aliphatic heterocycles. The van der Waals surface area contributed by atoms with Gasteiger partial charge in [0.05, 0.1) is 22.8 Å². The van der Waals surface area contributed by atoms with Gasteiger partial charge in [0.2, 0.25) is 0 Å². The lowest BCUT2D eigenvalue weighted by molar-refractivity contribution is -0.136. The van der Waals surface area contributed by atoms with Crippen LogP contribution in [0.1, 0.15) is 43.3 Å². The van der Waals surface area contributed by atoms with Gasteiger partial charge in [-0.25, -0.2) is 0 Å². The number of rotatable bonds is 7. The molecular formula is C19H19ClN2O4. The Morgan fingerprint density at radius 2 is 2.19 bits per heavy atom. The fraction of sp³-hybridized carbons (Fsp3) is 0.316. The molecule has 0 spiro atoms. The molecule has 0 aliphatic rings. The highest BCUT2D eigenvalue weighted by Gasteiger charge is 2.16. The number of carboxylic acids is 1. The molecule has 136 valence electrons. The highest BCUT2D eigenvalue weighted by atomic mass is 35.5. The molecule has 1 unspecified atom stereocenters. The maximum absolute atomic E-state index is 10.7. The molecule has 0 saturated carbocycles. The Bertz CT molecular complexity index is 921. The van der Waals surface area contributed by atoms with Crippen LogP contribution in [0.25, 0.3) is 11.0 Å². The van der Waals surface area contributed by atoms with Crippen LogP contribution in [0.5, 0.6) is 5.75 Å². The molecule has 0 amide bonds. The molecule has 0 fully saturated rings. The van der Waals surface area contributed by atoms with Crippen molar-refractivity contribution in [2.45, 2.75) is 39.2 Å². The van der Waals surface area contributed by atoms with Crippen molar-refractivity contribution in [3.63, 3.8) is 0 Å². The SMILES string of the molecule is CCc1ccc(C(C)Oc2cc3onc(CCC(=O)O)c3cc2Cl)nc1. The van der Waals surface area contributed by atoms with E-state index in [1.165, 1.54) is 0 Å². The van der Waals surface area contributed by atoms with E-state index >= 15 is 0 Å². The minimum Gasteiger partial charge on any atom is -0.483 e. The van der Waals surface area contributed by atoms with Crippen LogP contribution in [0.2, 0.25) is 5.02 Å². The van der Waals surface area contributed by atoms with Crippen LogP contribution in [0.3, 0.4) is 0 Å². The first kappa shape index (κ1) is 18.2. The maximum Gasteiger partial charge on any atom is 0.303 e. The van der Waals surface area contributed by atoms with Gasteiger partial charge in [-0.05, 0) is 31.0 Å². The van der Waals surface area contributed by atoms with Crippen LogP contribution in [-0.2, 0) is 17.6 Å². The van der Waals surface area contributed by atoms with E-state index in [0.29, 0.717) is 27.4 Å². The summed E-state index contributed by atoms with van der Waals surface area (Å²) < 4.78 is 11.2. The Morgan fingerprint density at radius 3 is 2.85 bits per heavy atom. The first-order valence-corrected chi connectivity index (χ1v) is 8.76. The zero-order valence-corrected chi connectivity index (χ0v) is 15.3. The van der Waals surface area contributed by atoms with Crippen molar-refractivity contribution in [1.29, 1.82) is 0 Å². The predicted octanol–water partition coefficient (Wildman–Crippen LogP) is 4.60. The summed E-state index contributed by atoms with van der Waals surface area (Å²) in [7, 11) is 0. The minimum atomic E-state index is -0.886. The van der Waals surface area contributed by atoms with Crippen LogP contribution in [-0.4, -0.2) is 21.2 Å². The third kappa shape index (κ3) is 3.96. The summed E-state index contributed by atoms with van der Waals surface area (Å²) in [5, 5.41) is 13.9. The van der Waals surface area contributed by atoms with Gasteiger partial charge in [-0.15, -0.1) is 0 Å². The maximum atomic E-state index is 10.7. The smallest absolute Gasteiger partial charge is 0.303 e. The standard InChI is InChI=1S/C19H19ClN2O4/c1-3-12-4-5-15(21-10-12)11(2)25-18-9-17-13(8-14(18)20)16(22-26-17)6-7-19(23)24/h4-5,8-11H,3,6-7H2,1-2H3,(H,23,24). The number of nitrogens with zero attached hydrogens (tertiary/aromatic N) is 2. The predicted molar refractivity (Wildman–Crippen MR) is 97.6 cm³/mol. The summed E-state index contributed by atoms with van der Waals surface area (Å²) in [6, 6.07) is 7.33. The van der Waals surface area contributed by atoms with Crippen molar-refractivity contribution in [3.8, 4) is 5.75 Å². The number of aryl methyl sites for hydroxylation is 2. The number of ether oxygens (including phenoxy) is 1. The van der Waals surface area contributed by atoms with E-state index in [0.717, 1.165) is 17.7 Å². The molecule has 1 atom stereocenters. The monoisotopic (exact) mass is 374 g/mol. The van der Waals surface area contributed by atoms with Crippen molar-refractivity contribution in [2.24, 2.45) is 0 Å². The molecule has 6 nitrogen and oxygen atoms in total. The Morgan fingerprint density at radius 1 is 1.38 bits per heavy atom. The number of aliphatic carboxylic acids is 1. The molecule has 1 aromatic carbocycles. The quantitative estimate of drug-likeness (QED) is 0.650. The summed E-state index contributed by atoms with van der Waals surface area (Å²) in [5.41, 5.74) is 3.04. The second-order valence-electron chi connectivity index (χ2n) is 6.01. The van der Waals surface area contributed by atoms with Gasteiger partial charge in [0.15, 0.2) is 5.58 Å². The highest BCUT2D eigenvalue weighted by molar-refractivity contribution is 6.32. The molecule has 3 rings (SSSR count). The number of pyridine rings is 1. The molecule has 0 radical (unpaired) electrons. The zero-order chi connectivity index (χ0) is 18.7. The van der Waals surface area contributed by atoms with E-state index in [-0.39, 0.29) is 18.9 Å². The summed E-state index contributed by atoms with van der Waals surface area (Å²) in [4.78, 5) is 15.2. The van der Waals surface area contributed by atoms with E-state index in [4.69, 9.17) is 26.0 Å². The fourth-order valence-corrected chi connectivity index (χ4v) is 2.83. The molecule has 7 heteroatoms. The number of hydrogen-bond donors (Lipinski definition) is 1. The number of halogens is 1. The normalized spacial score (nSPS) is 12.3. The van der Waals surface area contributed by atoms with Gasteiger partial charge in [-0.1, -0.05) is 29.7 Å². The number of aromatic nitrogens is 2. The molecule has 0 bridgehead atoms. The van der Waals surface area contributed by atoms with Gasteiger partial charge in [0.25, 0.3) is 0 Å². The molecular weight excluding hydrogens is 356 g/mol. The van der Waals surface area contributed by atoms with Gasteiger partial charge in [0, 0.05) is 24.1 Å². The summed E-state index contributed by atoms with van der Waals surface area (Å²) >= 11 is 6.34. The lowest BCUT2D eigenvalue weighted by atomic mass is 10.1. The highest BCUT2D eigenvalue weighted by Crippen LogP contribution is 2.34. The first-order valence-electron chi connectivity index (χ1n) is 8.39. The van der Waals surface area contributed by atoms with Gasteiger partial charge >= 0.3 is 5.97 Å². The molecule has 1 N–H and O–H groups in total. The molecule has 26 heavy (non-hydrogen) atoms. The average molecular weight is 375 g/mol. The number of carboxylic acid groups (broad SMARTS) is 1. The Labute approximate surface area is 155 Å². The summed E-state index contributed by atoms with van der Waals surface area (Å²) in [6.45, 7) is 3.97. The van der Waals surface area contributed by atoms with Crippen molar-refractivity contribution >= 4 is 28.5 Å². The van der Waals surface area contributed by atoms with E-state index in [9.17, 15) is 4.79 Å². The van der Waals surface area contributed by atoms with Gasteiger partial charge in [-0.3, -0.25) is 9.78 Å². The van der Waals surface area contributed by atoms with Crippen molar-refractivity contribution in [3.05, 3.63) is 52.4 Å². The van der Waals surface area contributed by atoms with Crippen LogP contribution in [0.15, 0.2) is 35.0 Å². The number of hydrogen-bond acceptors (Lipinski definition) is 5. The first-order chi connectivity index (χ1) is 12.5. The van der Waals surface area contributed by atoms with Crippen molar-refractivity contribution in [2.75, 3.05) is 0 Å². The fourth-order valence-electron chi connectivity index (χ4n) is 2.62. The van der Waals surface area contributed by atoms with Crippen LogP contribution in [0.4, 0.5) is 0 Å². The molecule has 0 saturated heterocycles.